The van der Waals surface area contributed by atoms with Crippen molar-refractivity contribution in [2.75, 3.05) is 23.4 Å². The van der Waals surface area contributed by atoms with Crippen LogP contribution in [0.3, 0.4) is 0 Å². The molecule has 1 atom stereocenters. The number of hydrogen-bond acceptors (Lipinski definition) is 3. The van der Waals surface area contributed by atoms with Crippen LogP contribution in [0.25, 0.3) is 0 Å². The van der Waals surface area contributed by atoms with Crippen molar-refractivity contribution in [1.82, 2.24) is 5.32 Å². The van der Waals surface area contributed by atoms with Gasteiger partial charge in [-0.3, -0.25) is 0 Å². The summed E-state index contributed by atoms with van der Waals surface area (Å²) in [5.41, 5.74) is 0. The summed E-state index contributed by atoms with van der Waals surface area (Å²) in [5.74, 6) is 0.470. The highest BCUT2D eigenvalue weighted by molar-refractivity contribution is 9.09. The second kappa shape index (κ2) is 5.94. The van der Waals surface area contributed by atoms with Crippen LogP contribution in [-0.4, -0.2) is 37.8 Å². The van der Waals surface area contributed by atoms with E-state index in [2.05, 4.69) is 21.2 Å². The average Bonchev–Trinajstić information content (AvgIpc) is 2.04. The van der Waals surface area contributed by atoms with Crippen LogP contribution >= 0.6 is 15.9 Å². The zero-order valence-electron chi connectivity index (χ0n) is 7.51. The monoisotopic (exact) mass is 257 g/mol. The third-order valence-electron chi connectivity index (χ3n) is 1.58. The quantitative estimate of drug-likeness (QED) is 0.717. The highest BCUT2D eigenvalue weighted by Gasteiger charge is 2.07. The molecule has 0 saturated heterocycles. The fraction of sp³-hybridized carbons (Fsp3) is 1.00. The topological polar surface area (TPSA) is 46.2 Å². The van der Waals surface area contributed by atoms with Gasteiger partial charge in [-0.05, 0) is 6.92 Å². The summed E-state index contributed by atoms with van der Waals surface area (Å²) in [7, 11) is -2.80. The van der Waals surface area contributed by atoms with Crippen molar-refractivity contribution in [3.8, 4) is 0 Å². The van der Waals surface area contributed by atoms with Gasteiger partial charge in [-0.25, -0.2) is 8.42 Å². The van der Waals surface area contributed by atoms with E-state index in [0.29, 0.717) is 12.6 Å². The Morgan fingerprint density at radius 3 is 2.50 bits per heavy atom. The minimum atomic E-state index is -2.80. The number of alkyl halides is 1. The van der Waals surface area contributed by atoms with Crippen LogP contribution in [0.5, 0.6) is 0 Å². The molecule has 0 aromatic heterocycles. The van der Waals surface area contributed by atoms with Gasteiger partial charge in [-0.1, -0.05) is 22.9 Å². The molecule has 0 rings (SSSR count). The third-order valence-corrected chi connectivity index (χ3v) is 4.25. The van der Waals surface area contributed by atoms with Crippen molar-refractivity contribution in [2.45, 2.75) is 19.9 Å². The molecule has 0 amide bonds. The fourth-order valence-corrected chi connectivity index (χ4v) is 1.61. The molecule has 0 radical (unpaired) electrons. The van der Waals surface area contributed by atoms with Gasteiger partial charge in [0.05, 0.1) is 5.75 Å². The first-order valence-corrected chi connectivity index (χ1v) is 6.96. The molecule has 0 saturated carbocycles. The Bertz CT molecular complexity index is 203. The van der Waals surface area contributed by atoms with E-state index in [-0.39, 0.29) is 11.5 Å². The normalized spacial score (nSPS) is 14.6. The Morgan fingerprint density at radius 2 is 2.08 bits per heavy atom. The summed E-state index contributed by atoms with van der Waals surface area (Å²) in [6.45, 7) is 4.22. The second-order valence-corrected chi connectivity index (χ2v) is 5.87. The lowest BCUT2D eigenvalue weighted by Gasteiger charge is -2.09. The van der Waals surface area contributed by atoms with Gasteiger partial charge in [0.2, 0.25) is 0 Å². The summed E-state index contributed by atoms with van der Waals surface area (Å²) in [6, 6.07) is 0.331. The zero-order chi connectivity index (χ0) is 9.61. The van der Waals surface area contributed by atoms with Gasteiger partial charge >= 0.3 is 0 Å². The van der Waals surface area contributed by atoms with E-state index in [4.69, 9.17) is 0 Å². The summed E-state index contributed by atoms with van der Waals surface area (Å²) in [4.78, 5) is 0. The highest BCUT2D eigenvalue weighted by Crippen LogP contribution is 1.90. The van der Waals surface area contributed by atoms with Gasteiger partial charge in [0.25, 0.3) is 0 Å². The van der Waals surface area contributed by atoms with E-state index < -0.39 is 9.84 Å². The van der Waals surface area contributed by atoms with E-state index in [9.17, 15) is 8.42 Å². The molecule has 3 nitrogen and oxygen atoms in total. The number of rotatable bonds is 6. The Balaban J connectivity index is 3.57. The lowest BCUT2D eigenvalue weighted by molar-refractivity contribution is 0.582. The Morgan fingerprint density at radius 1 is 1.50 bits per heavy atom. The second-order valence-electron chi connectivity index (χ2n) is 2.75. The number of hydrogen-bond donors (Lipinski definition) is 1. The van der Waals surface area contributed by atoms with Crippen molar-refractivity contribution in [2.24, 2.45) is 0 Å². The van der Waals surface area contributed by atoms with Crippen molar-refractivity contribution in [3.05, 3.63) is 0 Å². The molecule has 0 aromatic carbocycles. The van der Waals surface area contributed by atoms with Crippen LogP contribution in [-0.2, 0) is 9.84 Å². The Labute approximate surface area is 83.0 Å². The minimum absolute atomic E-state index is 0.234. The van der Waals surface area contributed by atoms with Crippen LogP contribution in [0.1, 0.15) is 13.8 Å². The van der Waals surface area contributed by atoms with Crippen LogP contribution in [0, 0.1) is 0 Å². The molecule has 0 aliphatic rings. The van der Waals surface area contributed by atoms with E-state index in [1.165, 1.54) is 0 Å². The summed E-state index contributed by atoms with van der Waals surface area (Å²) >= 11 is 3.30. The van der Waals surface area contributed by atoms with Gasteiger partial charge in [0.1, 0.15) is 0 Å². The van der Waals surface area contributed by atoms with Gasteiger partial charge in [-0.15, -0.1) is 0 Å². The standard InChI is InChI=1S/C7H16BrNO2S/c1-3-12(10,11)5-4-9-7(2)6-8/h7,9H,3-6H2,1-2H3. The maximum atomic E-state index is 11.0. The highest BCUT2D eigenvalue weighted by atomic mass is 79.9. The predicted molar refractivity (Wildman–Crippen MR) is 55.6 cm³/mol. The molecule has 5 heteroatoms. The molecule has 0 heterocycles. The molecule has 1 N–H and O–H groups in total. The van der Waals surface area contributed by atoms with Crippen molar-refractivity contribution in [1.29, 1.82) is 0 Å². The van der Waals surface area contributed by atoms with Crippen molar-refractivity contribution >= 4 is 25.8 Å². The molecule has 0 aromatic rings. The summed E-state index contributed by atoms with van der Waals surface area (Å²) < 4.78 is 22.0. The molecular weight excluding hydrogens is 242 g/mol. The molecule has 74 valence electrons. The van der Waals surface area contributed by atoms with Gasteiger partial charge in [0, 0.05) is 23.7 Å². The minimum Gasteiger partial charge on any atom is -0.312 e. The smallest absolute Gasteiger partial charge is 0.151 e. The first-order valence-electron chi connectivity index (χ1n) is 4.01. The first kappa shape index (κ1) is 12.4. The van der Waals surface area contributed by atoms with Crippen LogP contribution in [0.15, 0.2) is 0 Å². The molecule has 1 unspecified atom stereocenters. The number of sulfone groups is 1. The van der Waals surface area contributed by atoms with E-state index in [0.717, 1.165) is 5.33 Å². The Hall–Kier alpha value is 0.390. The third kappa shape index (κ3) is 5.97. The largest absolute Gasteiger partial charge is 0.312 e. The van der Waals surface area contributed by atoms with Gasteiger partial charge < -0.3 is 5.32 Å². The van der Waals surface area contributed by atoms with Crippen molar-refractivity contribution < 1.29 is 8.42 Å². The lowest BCUT2D eigenvalue weighted by Crippen LogP contribution is -2.32. The summed E-state index contributed by atoms with van der Waals surface area (Å²) in [5, 5.41) is 3.94. The first-order chi connectivity index (χ1) is 5.52. The molecule has 0 bridgehead atoms. The zero-order valence-corrected chi connectivity index (χ0v) is 9.91. The van der Waals surface area contributed by atoms with Crippen LogP contribution < -0.4 is 5.32 Å². The van der Waals surface area contributed by atoms with E-state index >= 15 is 0 Å². The molecule has 0 spiro atoms. The number of nitrogens with one attached hydrogen (secondary N) is 1. The maximum absolute atomic E-state index is 11.0. The van der Waals surface area contributed by atoms with Crippen LogP contribution in [0.4, 0.5) is 0 Å². The van der Waals surface area contributed by atoms with E-state index in [1.54, 1.807) is 6.92 Å². The average molecular weight is 258 g/mol. The SMILES string of the molecule is CCS(=O)(=O)CCNC(C)CBr. The fourth-order valence-electron chi connectivity index (χ4n) is 0.660. The summed E-state index contributed by atoms with van der Waals surface area (Å²) in [6.07, 6.45) is 0. The Kier molecular flexibility index (Phi) is 6.13. The predicted octanol–water partition coefficient (Wildman–Crippen LogP) is 0.794. The lowest BCUT2D eigenvalue weighted by atomic mass is 10.4. The molecule has 0 aliphatic carbocycles. The van der Waals surface area contributed by atoms with Crippen LogP contribution in [0.2, 0.25) is 0 Å². The molecule has 12 heavy (non-hydrogen) atoms. The molecular formula is C7H16BrNO2S. The number of halogens is 1. The maximum Gasteiger partial charge on any atom is 0.151 e. The van der Waals surface area contributed by atoms with Crippen molar-refractivity contribution in [3.63, 3.8) is 0 Å². The molecule has 0 aliphatic heterocycles. The van der Waals surface area contributed by atoms with Gasteiger partial charge in [-0.2, -0.15) is 0 Å². The van der Waals surface area contributed by atoms with Gasteiger partial charge in [0.15, 0.2) is 9.84 Å². The molecule has 0 fully saturated rings. The van der Waals surface area contributed by atoms with E-state index in [1.807, 2.05) is 6.92 Å².